The first-order valence-corrected chi connectivity index (χ1v) is 5.47. The molecule has 0 aliphatic heterocycles. The van der Waals surface area contributed by atoms with Crippen molar-refractivity contribution in [1.82, 2.24) is 0 Å². The predicted molar refractivity (Wildman–Crippen MR) is 64.1 cm³/mol. The molecule has 15 heavy (non-hydrogen) atoms. The highest BCUT2D eigenvalue weighted by molar-refractivity contribution is 5.77. The molecule has 0 fully saturated rings. The number of para-hydroxylation sites is 1. The molecule has 1 heterocycles. The zero-order chi connectivity index (χ0) is 11.1. The van der Waals surface area contributed by atoms with E-state index < -0.39 is 0 Å². The van der Waals surface area contributed by atoms with Crippen molar-refractivity contribution in [2.75, 3.05) is 0 Å². The number of rotatable bonds is 1. The zero-order valence-corrected chi connectivity index (χ0v) is 9.87. The molecule has 0 aliphatic rings. The SMILES string of the molecule is C[C@@H](c1cc2ccccc2o1)C(C)(C)C. The molecule has 1 atom stereocenters. The van der Waals surface area contributed by atoms with Gasteiger partial charge in [0.15, 0.2) is 0 Å². The minimum absolute atomic E-state index is 0.244. The summed E-state index contributed by atoms with van der Waals surface area (Å²) in [4.78, 5) is 0. The molecule has 0 unspecified atom stereocenters. The lowest BCUT2D eigenvalue weighted by Crippen LogP contribution is -2.14. The van der Waals surface area contributed by atoms with Crippen LogP contribution in [-0.4, -0.2) is 0 Å². The highest BCUT2D eigenvalue weighted by Gasteiger charge is 2.24. The van der Waals surface area contributed by atoms with Gasteiger partial charge in [0.25, 0.3) is 0 Å². The Morgan fingerprint density at radius 3 is 2.40 bits per heavy atom. The van der Waals surface area contributed by atoms with Crippen molar-refractivity contribution in [2.24, 2.45) is 5.41 Å². The molecule has 0 spiro atoms. The highest BCUT2D eigenvalue weighted by atomic mass is 16.3. The van der Waals surface area contributed by atoms with Gasteiger partial charge in [-0.2, -0.15) is 0 Å². The van der Waals surface area contributed by atoms with Crippen LogP contribution in [0.4, 0.5) is 0 Å². The summed E-state index contributed by atoms with van der Waals surface area (Å²) in [5.74, 6) is 1.52. The van der Waals surface area contributed by atoms with Crippen LogP contribution >= 0.6 is 0 Å². The highest BCUT2D eigenvalue weighted by Crippen LogP contribution is 2.36. The third-order valence-electron chi connectivity index (χ3n) is 3.17. The normalized spacial score (nSPS) is 14.4. The Kier molecular flexibility index (Phi) is 2.34. The number of benzene rings is 1. The summed E-state index contributed by atoms with van der Waals surface area (Å²) in [5, 5.41) is 1.20. The van der Waals surface area contributed by atoms with Gasteiger partial charge in [-0.25, -0.2) is 0 Å². The quantitative estimate of drug-likeness (QED) is 0.659. The molecule has 1 nitrogen and oxygen atoms in total. The minimum Gasteiger partial charge on any atom is -0.461 e. The first-order valence-electron chi connectivity index (χ1n) is 5.47. The third kappa shape index (κ3) is 1.92. The zero-order valence-electron chi connectivity index (χ0n) is 9.87. The number of hydrogen-bond donors (Lipinski definition) is 0. The predicted octanol–water partition coefficient (Wildman–Crippen LogP) is 4.58. The van der Waals surface area contributed by atoms with E-state index in [4.69, 9.17) is 4.42 Å². The Labute approximate surface area is 91.1 Å². The molecule has 1 aromatic heterocycles. The lowest BCUT2D eigenvalue weighted by Gasteiger charge is -2.25. The van der Waals surface area contributed by atoms with Crippen molar-refractivity contribution < 1.29 is 4.42 Å². The van der Waals surface area contributed by atoms with Crippen LogP contribution in [0.15, 0.2) is 34.7 Å². The topological polar surface area (TPSA) is 13.1 Å². The maximum absolute atomic E-state index is 5.86. The van der Waals surface area contributed by atoms with E-state index >= 15 is 0 Å². The molecule has 0 N–H and O–H groups in total. The smallest absolute Gasteiger partial charge is 0.134 e. The number of fused-ring (bicyclic) bond motifs is 1. The van der Waals surface area contributed by atoms with Gasteiger partial charge in [0.05, 0.1) is 0 Å². The monoisotopic (exact) mass is 202 g/mol. The Balaban J connectivity index is 2.45. The third-order valence-corrected chi connectivity index (χ3v) is 3.17. The van der Waals surface area contributed by atoms with Gasteiger partial charge in [0, 0.05) is 11.3 Å². The van der Waals surface area contributed by atoms with E-state index in [-0.39, 0.29) is 5.41 Å². The van der Waals surface area contributed by atoms with Crippen LogP contribution in [0.1, 0.15) is 39.4 Å². The Bertz CT molecular complexity index is 426. The van der Waals surface area contributed by atoms with Gasteiger partial charge >= 0.3 is 0 Å². The van der Waals surface area contributed by atoms with Crippen LogP contribution in [0, 0.1) is 5.41 Å². The molecular weight excluding hydrogens is 184 g/mol. The van der Waals surface area contributed by atoms with Crippen LogP contribution in [0.25, 0.3) is 11.0 Å². The molecule has 0 saturated carbocycles. The summed E-state index contributed by atoms with van der Waals surface area (Å²) in [6, 6.07) is 10.3. The molecule has 2 rings (SSSR count). The van der Waals surface area contributed by atoms with Crippen molar-refractivity contribution in [3.05, 3.63) is 36.1 Å². The van der Waals surface area contributed by atoms with E-state index in [0.29, 0.717) is 5.92 Å². The average Bonchev–Trinajstić information content (AvgIpc) is 2.58. The maximum Gasteiger partial charge on any atom is 0.134 e. The molecule has 2 aromatic rings. The fraction of sp³-hybridized carbons (Fsp3) is 0.429. The van der Waals surface area contributed by atoms with E-state index in [1.165, 1.54) is 5.39 Å². The largest absolute Gasteiger partial charge is 0.461 e. The van der Waals surface area contributed by atoms with Gasteiger partial charge < -0.3 is 4.42 Å². The summed E-state index contributed by atoms with van der Waals surface area (Å²) in [5.41, 5.74) is 1.23. The van der Waals surface area contributed by atoms with Crippen molar-refractivity contribution in [1.29, 1.82) is 0 Å². The van der Waals surface area contributed by atoms with Crippen molar-refractivity contribution >= 4 is 11.0 Å². The second-order valence-corrected chi connectivity index (χ2v) is 5.27. The summed E-state index contributed by atoms with van der Waals surface area (Å²) in [7, 11) is 0. The second kappa shape index (κ2) is 3.41. The Hall–Kier alpha value is -1.24. The molecule has 1 aromatic carbocycles. The molecule has 0 amide bonds. The van der Waals surface area contributed by atoms with Gasteiger partial charge in [-0.15, -0.1) is 0 Å². The van der Waals surface area contributed by atoms with E-state index in [0.717, 1.165) is 11.3 Å². The molecule has 80 valence electrons. The van der Waals surface area contributed by atoms with Crippen molar-refractivity contribution in [3.8, 4) is 0 Å². The molecule has 0 bridgehead atoms. The number of furan rings is 1. The fourth-order valence-electron chi connectivity index (χ4n) is 1.64. The van der Waals surface area contributed by atoms with Crippen LogP contribution in [0.5, 0.6) is 0 Å². The Morgan fingerprint density at radius 1 is 1.13 bits per heavy atom. The van der Waals surface area contributed by atoms with Crippen LogP contribution < -0.4 is 0 Å². The van der Waals surface area contributed by atoms with Gasteiger partial charge in [0.1, 0.15) is 11.3 Å². The van der Waals surface area contributed by atoms with Gasteiger partial charge in [-0.3, -0.25) is 0 Å². The molecule has 0 radical (unpaired) electrons. The maximum atomic E-state index is 5.86. The first kappa shape index (κ1) is 10.3. The molecule has 1 heteroatoms. The standard InChI is InChI=1S/C14H18O/c1-10(14(2,3)4)13-9-11-7-5-6-8-12(11)15-13/h5-10H,1-4H3/t10-/m0/s1. The summed E-state index contributed by atoms with van der Waals surface area (Å²) >= 11 is 0. The number of hydrogen-bond acceptors (Lipinski definition) is 1. The van der Waals surface area contributed by atoms with Crippen LogP contribution in [0.3, 0.4) is 0 Å². The van der Waals surface area contributed by atoms with Crippen LogP contribution in [0.2, 0.25) is 0 Å². The summed E-state index contributed by atoms with van der Waals surface area (Å²) < 4.78 is 5.86. The van der Waals surface area contributed by atoms with Crippen molar-refractivity contribution in [2.45, 2.75) is 33.6 Å². The molecule has 0 saturated heterocycles. The Morgan fingerprint density at radius 2 is 1.80 bits per heavy atom. The first-order chi connectivity index (χ1) is 6.98. The lowest BCUT2D eigenvalue weighted by molar-refractivity contribution is 0.302. The summed E-state index contributed by atoms with van der Waals surface area (Å²) in [6.07, 6.45) is 0. The van der Waals surface area contributed by atoms with Gasteiger partial charge in [0.2, 0.25) is 0 Å². The van der Waals surface area contributed by atoms with Crippen LogP contribution in [-0.2, 0) is 0 Å². The van der Waals surface area contributed by atoms with E-state index in [2.05, 4.69) is 39.8 Å². The van der Waals surface area contributed by atoms with Gasteiger partial charge in [-0.05, 0) is 17.5 Å². The second-order valence-electron chi connectivity index (χ2n) is 5.27. The summed E-state index contributed by atoms with van der Waals surface area (Å²) in [6.45, 7) is 8.94. The van der Waals surface area contributed by atoms with E-state index in [1.807, 2.05) is 18.2 Å². The molecular formula is C14H18O. The molecule has 0 aliphatic carbocycles. The minimum atomic E-state index is 0.244. The fourth-order valence-corrected chi connectivity index (χ4v) is 1.64. The van der Waals surface area contributed by atoms with Gasteiger partial charge in [-0.1, -0.05) is 45.9 Å². The van der Waals surface area contributed by atoms with E-state index in [1.54, 1.807) is 0 Å². The average molecular weight is 202 g/mol. The van der Waals surface area contributed by atoms with Crippen molar-refractivity contribution in [3.63, 3.8) is 0 Å². The lowest BCUT2D eigenvalue weighted by atomic mass is 9.80. The van der Waals surface area contributed by atoms with E-state index in [9.17, 15) is 0 Å².